The van der Waals surface area contributed by atoms with Crippen LogP contribution < -0.4 is 29.6 Å². The second-order valence-corrected chi connectivity index (χ2v) is 1.73. The van der Waals surface area contributed by atoms with Crippen molar-refractivity contribution in [3.63, 3.8) is 0 Å². The smallest absolute Gasteiger partial charge is 0.221 e. The molecular formula is C3H9BNa. The van der Waals surface area contributed by atoms with Crippen molar-refractivity contribution in [2.24, 2.45) is 0 Å². The van der Waals surface area contributed by atoms with Gasteiger partial charge in [0.1, 0.15) is 0 Å². The molecule has 1 radical (unpaired) electrons. The van der Waals surface area contributed by atoms with E-state index in [4.69, 9.17) is 0 Å². The Morgan fingerprint density at radius 2 is 1.00 bits per heavy atom. The van der Waals surface area contributed by atoms with Crippen molar-refractivity contribution in [3.8, 4) is 0 Å². The molecule has 0 aliphatic rings. The second kappa shape index (κ2) is 5.06. The van der Waals surface area contributed by atoms with Gasteiger partial charge in [0.15, 0.2) is 0 Å². The minimum absolute atomic E-state index is 0. The maximum atomic E-state index is 2.17. The van der Waals surface area contributed by atoms with E-state index in [1.165, 1.54) is 0 Å². The van der Waals surface area contributed by atoms with Crippen LogP contribution in [0.3, 0.4) is 0 Å². The predicted octanol–water partition coefficient (Wildman–Crippen LogP) is -1.63. The van der Waals surface area contributed by atoms with E-state index in [0.29, 0.717) is 0 Å². The second-order valence-electron chi connectivity index (χ2n) is 1.73. The van der Waals surface area contributed by atoms with Gasteiger partial charge in [-0.1, -0.05) is 0 Å². The standard InChI is InChI=1S/C3H9B.Na/c1-4(2)3;/h1-3H3;/q-1;+1. The van der Waals surface area contributed by atoms with Gasteiger partial charge >= 0.3 is 29.6 Å². The quantitative estimate of drug-likeness (QED) is 0.306. The molecule has 0 saturated carbocycles. The Labute approximate surface area is 56.7 Å². The molecule has 5 heavy (non-hydrogen) atoms. The first-order valence-electron chi connectivity index (χ1n) is 1.73. The van der Waals surface area contributed by atoms with Crippen LogP contribution in [0.4, 0.5) is 0 Å². The van der Waals surface area contributed by atoms with E-state index in [1.807, 2.05) is 0 Å². The Kier molecular flexibility index (Phi) is 9.54. The van der Waals surface area contributed by atoms with E-state index in [1.54, 1.807) is 0 Å². The van der Waals surface area contributed by atoms with Crippen LogP contribution in [-0.2, 0) is 0 Å². The molecule has 0 nitrogen and oxygen atoms in total. The Balaban J connectivity index is 0. The van der Waals surface area contributed by atoms with Crippen molar-refractivity contribution in [2.75, 3.05) is 0 Å². The van der Waals surface area contributed by atoms with Crippen molar-refractivity contribution >= 4 is 6.71 Å². The van der Waals surface area contributed by atoms with E-state index in [0.717, 1.165) is 6.71 Å². The van der Waals surface area contributed by atoms with Gasteiger partial charge in [-0.15, -0.1) is 6.71 Å². The minimum atomic E-state index is 0. The largest absolute Gasteiger partial charge is 1.00 e. The zero-order chi connectivity index (χ0) is 3.58. The van der Waals surface area contributed by atoms with E-state index >= 15 is 0 Å². The van der Waals surface area contributed by atoms with E-state index in [-0.39, 0.29) is 29.6 Å². The van der Waals surface area contributed by atoms with Crippen LogP contribution in [0.15, 0.2) is 0 Å². The monoisotopic (exact) mass is 79.1 g/mol. The number of hydrogen-bond acceptors (Lipinski definition) is 0. The molecule has 2 heteroatoms. The van der Waals surface area contributed by atoms with Crippen molar-refractivity contribution in [1.82, 2.24) is 0 Å². The van der Waals surface area contributed by atoms with Crippen LogP contribution in [0.5, 0.6) is 0 Å². The molecule has 0 saturated heterocycles. The van der Waals surface area contributed by atoms with Crippen LogP contribution in [0.2, 0.25) is 20.5 Å². The Bertz CT molecular complexity index is 11.6. The summed E-state index contributed by atoms with van der Waals surface area (Å²) in [6.07, 6.45) is 0. The fourth-order valence-electron chi connectivity index (χ4n) is 0. The normalized spacial score (nSPS) is 7.20. The van der Waals surface area contributed by atoms with Gasteiger partial charge in [0.2, 0.25) is 0 Å². The Hall–Kier alpha value is 1.06. The molecule has 0 amide bonds. The average Bonchev–Trinajstić information content (AvgIpc) is 0.811. The van der Waals surface area contributed by atoms with Gasteiger partial charge in [0.25, 0.3) is 0 Å². The average molecular weight is 78.9 g/mol. The van der Waals surface area contributed by atoms with Crippen molar-refractivity contribution in [2.45, 2.75) is 20.5 Å². The third-order valence-corrected chi connectivity index (χ3v) is 0. The van der Waals surface area contributed by atoms with Gasteiger partial charge in [-0.25, -0.2) is 20.5 Å². The maximum Gasteiger partial charge on any atom is 1.00 e. The third kappa shape index (κ3) is 42.0. The van der Waals surface area contributed by atoms with Crippen molar-refractivity contribution in [3.05, 3.63) is 0 Å². The van der Waals surface area contributed by atoms with E-state index in [9.17, 15) is 0 Å². The summed E-state index contributed by atoms with van der Waals surface area (Å²) in [5.74, 6) is 0. The molecular weight excluding hydrogens is 69.8 g/mol. The van der Waals surface area contributed by atoms with Gasteiger partial charge in [0, 0.05) is 0 Å². The topological polar surface area (TPSA) is 0 Å². The molecule has 0 aliphatic heterocycles. The fourth-order valence-corrected chi connectivity index (χ4v) is 0. The van der Waals surface area contributed by atoms with E-state index in [2.05, 4.69) is 20.5 Å². The van der Waals surface area contributed by atoms with Gasteiger partial charge in [0.05, 0.1) is 0 Å². The molecule has 0 aromatic heterocycles. The summed E-state index contributed by atoms with van der Waals surface area (Å²) in [6, 6.07) is 0. The Morgan fingerprint density at radius 3 is 1.00 bits per heavy atom. The molecule has 0 bridgehead atoms. The van der Waals surface area contributed by atoms with Gasteiger partial charge in [-0.3, -0.25) is 0 Å². The summed E-state index contributed by atoms with van der Waals surface area (Å²) in [4.78, 5) is 0. The SMILES string of the molecule is C[B-](C)C.[Na+]. The molecule has 0 fully saturated rings. The van der Waals surface area contributed by atoms with Gasteiger partial charge in [-0.2, -0.15) is 0 Å². The third-order valence-electron chi connectivity index (χ3n) is 0. The first-order chi connectivity index (χ1) is 1.73. The summed E-state index contributed by atoms with van der Waals surface area (Å²) in [6.45, 7) is 7.33. The van der Waals surface area contributed by atoms with Crippen LogP contribution in [0, 0.1) is 0 Å². The van der Waals surface area contributed by atoms with Crippen LogP contribution in [0.1, 0.15) is 0 Å². The Morgan fingerprint density at radius 1 is 1.00 bits per heavy atom. The maximum absolute atomic E-state index is 2.17. The molecule has 0 spiro atoms. The summed E-state index contributed by atoms with van der Waals surface area (Å²) >= 11 is 0. The predicted molar refractivity (Wildman–Crippen MR) is 23.3 cm³/mol. The van der Waals surface area contributed by atoms with Crippen LogP contribution in [-0.4, -0.2) is 6.71 Å². The molecule has 0 heterocycles. The summed E-state index contributed by atoms with van der Waals surface area (Å²) in [5.41, 5.74) is 0. The molecule has 0 unspecified atom stereocenters. The zero-order valence-electron chi connectivity index (χ0n) is 4.58. The summed E-state index contributed by atoms with van der Waals surface area (Å²) < 4.78 is 0. The van der Waals surface area contributed by atoms with Gasteiger partial charge < -0.3 is 0 Å². The van der Waals surface area contributed by atoms with Crippen molar-refractivity contribution < 1.29 is 29.6 Å². The number of hydrogen-bond donors (Lipinski definition) is 0. The van der Waals surface area contributed by atoms with E-state index < -0.39 is 0 Å². The molecule has 25 valence electrons. The fraction of sp³-hybridized carbons (Fsp3) is 1.00. The van der Waals surface area contributed by atoms with Crippen LogP contribution >= 0.6 is 0 Å². The van der Waals surface area contributed by atoms with Crippen LogP contribution in [0.25, 0.3) is 0 Å². The first-order valence-corrected chi connectivity index (χ1v) is 1.73. The van der Waals surface area contributed by atoms with Crippen molar-refractivity contribution in [1.29, 1.82) is 0 Å². The molecule has 0 N–H and O–H groups in total. The summed E-state index contributed by atoms with van der Waals surface area (Å²) in [7, 11) is 0. The molecule has 0 rings (SSSR count). The zero-order valence-corrected chi connectivity index (χ0v) is 6.58. The molecule has 0 aliphatic carbocycles. The molecule has 0 aromatic rings. The molecule has 0 aromatic carbocycles. The molecule has 0 atom stereocenters. The number of rotatable bonds is 0. The minimum Gasteiger partial charge on any atom is -0.221 e. The summed E-state index contributed by atoms with van der Waals surface area (Å²) in [5, 5.41) is 0. The first kappa shape index (κ1) is 9.42. The van der Waals surface area contributed by atoms with Gasteiger partial charge in [-0.05, 0) is 0 Å².